The van der Waals surface area contributed by atoms with Crippen LogP contribution in [0.5, 0.6) is 0 Å². The van der Waals surface area contributed by atoms with Crippen molar-refractivity contribution in [2.24, 2.45) is 5.92 Å². The summed E-state index contributed by atoms with van der Waals surface area (Å²) in [5, 5.41) is 0. The third kappa shape index (κ3) is 27.7. The number of hydrogen-bond acceptors (Lipinski definition) is 7. The van der Waals surface area contributed by atoms with Crippen LogP contribution in [-0.4, -0.2) is 92.5 Å². The van der Waals surface area contributed by atoms with Gasteiger partial charge in [-0.2, -0.15) is 0 Å². The lowest BCUT2D eigenvalue weighted by molar-refractivity contribution is -0.0215. The summed E-state index contributed by atoms with van der Waals surface area (Å²) in [5.41, 5.74) is 0. The van der Waals surface area contributed by atoms with Gasteiger partial charge >= 0.3 is 0 Å². The number of ether oxygens (including phenoxy) is 7. The van der Waals surface area contributed by atoms with Crippen molar-refractivity contribution in [2.45, 2.75) is 59.3 Å². The Balaban J connectivity index is 3.01. The molecule has 0 aromatic carbocycles. The average Bonchev–Trinajstić information content (AvgIpc) is 2.78. The summed E-state index contributed by atoms with van der Waals surface area (Å²) < 4.78 is 38.4. The molecule has 0 rings (SSSR count). The Morgan fingerprint density at radius 3 is 1.16 bits per heavy atom. The molecule has 0 spiro atoms. The van der Waals surface area contributed by atoms with Crippen molar-refractivity contribution in [3.8, 4) is 0 Å². The molecule has 0 aliphatic rings. The van der Waals surface area contributed by atoms with Crippen LogP contribution in [0.25, 0.3) is 0 Å². The van der Waals surface area contributed by atoms with Crippen molar-refractivity contribution >= 4 is 0 Å². The summed E-state index contributed by atoms with van der Waals surface area (Å²) in [5.74, 6) is 0.613. The summed E-state index contributed by atoms with van der Waals surface area (Å²) >= 11 is 0. The Morgan fingerprint density at radius 1 is 0.419 bits per heavy atom. The molecule has 7 heteroatoms. The van der Waals surface area contributed by atoms with E-state index in [0.717, 1.165) is 26.1 Å². The molecule has 0 N–H and O–H groups in total. The molecule has 31 heavy (non-hydrogen) atoms. The lowest BCUT2D eigenvalue weighted by Gasteiger charge is -2.10. The fourth-order valence-corrected chi connectivity index (χ4v) is 2.53. The molecule has 0 heterocycles. The van der Waals surface area contributed by atoms with Gasteiger partial charge in [-0.1, -0.05) is 52.9 Å². The van der Waals surface area contributed by atoms with E-state index in [2.05, 4.69) is 20.8 Å². The standard InChI is InChI=1S/C24H50O7/c1-4-6-7-8-9-10-25-11-12-26-13-14-27-15-16-28-17-18-29-19-20-30-21-22-31-23-24(3)5-2/h24H,4-23H2,1-3H3. The van der Waals surface area contributed by atoms with Gasteiger partial charge in [0.1, 0.15) is 0 Å². The van der Waals surface area contributed by atoms with Crippen molar-refractivity contribution in [1.82, 2.24) is 0 Å². The van der Waals surface area contributed by atoms with Crippen LogP contribution >= 0.6 is 0 Å². The summed E-state index contributed by atoms with van der Waals surface area (Å²) in [7, 11) is 0. The zero-order chi connectivity index (χ0) is 22.7. The van der Waals surface area contributed by atoms with Gasteiger partial charge in [0, 0.05) is 13.2 Å². The Labute approximate surface area is 191 Å². The highest BCUT2D eigenvalue weighted by molar-refractivity contribution is 4.46. The topological polar surface area (TPSA) is 64.6 Å². The van der Waals surface area contributed by atoms with Crippen molar-refractivity contribution < 1.29 is 33.2 Å². The fourth-order valence-electron chi connectivity index (χ4n) is 2.53. The first-order valence-electron chi connectivity index (χ1n) is 12.3. The molecular formula is C24H50O7. The largest absolute Gasteiger partial charge is 0.379 e. The smallest absolute Gasteiger partial charge is 0.0701 e. The summed E-state index contributed by atoms with van der Waals surface area (Å²) in [4.78, 5) is 0. The summed E-state index contributed by atoms with van der Waals surface area (Å²) in [6.45, 7) is 15.4. The molecule has 0 aromatic rings. The molecule has 0 aliphatic carbocycles. The van der Waals surface area contributed by atoms with Crippen LogP contribution in [-0.2, 0) is 33.2 Å². The van der Waals surface area contributed by atoms with Crippen molar-refractivity contribution in [2.75, 3.05) is 92.5 Å². The minimum absolute atomic E-state index is 0.563. The first-order chi connectivity index (χ1) is 15.3. The third-order valence-corrected chi connectivity index (χ3v) is 4.72. The Bertz CT molecular complexity index is 318. The van der Waals surface area contributed by atoms with Gasteiger partial charge in [-0.3, -0.25) is 0 Å². The van der Waals surface area contributed by atoms with Crippen molar-refractivity contribution in [1.29, 1.82) is 0 Å². The molecule has 0 amide bonds. The number of hydrogen-bond donors (Lipinski definition) is 0. The molecule has 1 unspecified atom stereocenters. The number of rotatable bonds is 27. The molecule has 0 saturated carbocycles. The second kappa shape index (κ2) is 27.8. The van der Waals surface area contributed by atoms with E-state index in [1.54, 1.807) is 0 Å². The van der Waals surface area contributed by atoms with Crippen LogP contribution in [0.1, 0.15) is 59.3 Å². The molecular weight excluding hydrogens is 400 g/mol. The van der Waals surface area contributed by atoms with Gasteiger partial charge in [-0.15, -0.1) is 0 Å². The predicted octanol–water partition coefficient (Wildman–Crippen LogP) is 4.12. The maximum atomic E-state index is 5.54. The quantitative estimate of drug-likeness (QED) is 0.174. The molecule has 0 aromatic heterocycles. The molecule has 0 aliphatic heterocycles. The average molecular weight is 451 g/mol. The zero-order valence-electron chi connectivity index (χ0n) is 20.6. The maximum absolute atomic E-state index is 5.54. The molecule has 0 fully saturated rings. The number of unbranched alkanes of at least 4 members (excludes halogenated alkanes) is 4. The van der Waals surface area contributed by atoms with Crippen LogP contribution in [0.4, 0.5) is 0 Å². The van der Waals surface area contributed by atoms with Crippen molar-refractivity contribution in [3.05, 3.63) is 0 Å². The fraction of sp³-hybridized carbons (Fsp3) is 1.00. The van der Waals surface area contributed by atoms with E-state index >= 15 is 0 Å². The normalized spacial score (nSPS) is 12.5. The van der Waals surface area contributed by atoms with E-state index in [9.17, 15) is 0 Å². The minimum atomic E-state index is 0.563. The van der Waals surface area contributed by atoms with E-state index < -0.39 is 0 Å². The van der Waals surface area contributed by atoms with Gasteiger partial charge in [0.25, 0.3) is 0 Å². The summed E-state index contributed by atoms with van der Waals surface area (Å²) in [6.07, 6.45) is 7.48. The second-order valence-electron chi connectivity index (χ2n) is 7.68. The predicted molar refractivity (Wildman–Crippen MR) is 124 cm³/mol. The van der Waals surface area contributed by atoms with Crippen LogP contribution in [0.15, 0.2) is 0 Å². The molecule has 188 valence electrons. The van der Waals surface area contributed by atoms with Gasteiger partial charge in [0.15, 0.2) is 0 Å². The lowest BCUT2D eigenvalue weighted by atomic mass is 10.1. The van der Waals surface area contributed by atoms with Crippen LogP contribution in [0.3, 0.4) is 0 Å². The first kappa shape index (κ1) is 30.7. The van der Waals surface area contributed by atoms with Gasteiger partial charge in [0.2, 0.25) is 0 Å². The highest BCUT2D eigenvalue weighted by Crippen LogP contribution is 2.02. The lowest BCUT2D eigenvalue weighted by Crippen LogP contribution is -2.15. The Hall–Kier alpha value is -0.280. The Kier molecular flexibility index (Phi) is 27.5. The van der Waals surface area contributed by atoms with Gasteiger partial charge < -0.3 is 33.2 Å². The van der Waals surface area contributed by atoms with Crippen molar-refractivity contribution in [3.63, 3.8) is 0 Å². The Morgan fingerprint density at radius 2 is 0.774 bits per heavy atom. The van der Waals surface area contributed by atoms with E-state index in [-0.39, 0.29) is 0 Å². The maximum Gasteiger partial charge on any atom is 0.0701 e. The van der Waals surface area contributed by atoms with E-state index in [0.29, 0.717) is 85.2 Å². The second-order valence-corrected chi connectivity index (χ2v) is 7.68. The van der Waals surface area contributed by atoms with E-state index in [1.807, 2.05) is 0 Å². The molecule has 1 atom stereocenters. The SMILES string of the molecule is CCCCCCCOCCOCCOCCOCCOCCOCCOCC(C)CC. The molecule has 0 bridgehead atoms. The van der Waals surface area contributed by atoms with Crippen LogP contribution in [0, 0.1) is 5.92 Å². The third-order valence-electron chi connectivity index (χ3n) is 4.72. The molecule has 0 saturated heterocycles. The van der Waals surface area contributed by atoms with E-state index in [4.69, 9.17) is 33.2 Å². The van der Waals surface area contributed by atoms with Gasteiger partial charge in [-0.05, 0) is 12.3 Å². The minimum Gasteiger partial charge on any atom is -0.379 e. The van der Waals surface area contributed by atoms with Gasteiger partial charge in [-0.25, -0.2) is 0 Å². The monoisotopic (exact) mass is 450 g/mol. The van der Waals surface area contributed by atoms with Crippen LogP contribution < -0.4 is 0 Å². The zero-order valence-corrected chi connectivity index (χ0v) is 20.6. The highest BCUT2D eigenvalue weighted by Gasteiger charge is 1.98. The van der Waals surface area contributed by atoms with E-state index in [1.165, 1.54) is 25.7 Å². The summed E-state index contributed by atoms with van der Waals surface area (Å²) in [6, 6.07) is 0. The first-order valence-corrected chi connectivity index (χ1v) is 12.3. The molecule has 7 nitrogen and oxygen atoms in total. The van der Waals surface area contributed by atoms with Crippen LogP contribution in [0.2, 0.25) is 0 Å². The highest BCUT2D eigenvalue weighted by atomic mass is 16.6. The molecule has 0 radical (unpaired) electrons. The van der Waals surface area contributed by atoms with Gasteiger partial charge in [0.05, 0.1) is 79.3 Å².